The van der Waals surface area contributed by atoms with E-state index in [1.165, 1.54) is 17.4 Å². The molecule has 3 rings (SSSR count). The Morgan fingerprint density at radius 3 is 2.68 bits per heavy atom. The summed E-state index contributed by atoms with van der Waals surface area (Å²) in [5, 5.41) is 13.8. The third-order valence-electron chi connectivity index (χ3n) is 3.56. The van der Waals surface area contributed by atoms with Crippen molar-refractivity contribution < 1.29 is 14.5 Å². The standard InChI is InChI=1S/C18H14N2O4S/c1-12-6-5-9-15(16(12)20(22)23)18(21)24-10-14-11-25-17(19-14)13-7-3-2-4-8-13/h2-9,11H,10H2,1H3. The predicted molar refractivity (Wildman–Crippen MR) is 94.5 cm³/mol. The number of esters is 1. The van der Waals surface area contributed by atoms with Gasteiger partial charge in [0.2, 0.25) is 0 Å². The van der Waals surface area contributed by atoms with Crippen LogP contribution in [0.4, 0.5) is 5.69 Å². The highest BCUT2D eigenvalue weighted by Crippen LogP contribution is 2.26. The van der Waals surface area contributed by atoms with Crippen molar-refractivity contribution in [2.75, 3.05) is 0 Å². The number of hydrogen-bond donors (Lipinski definition) is 0. The molecule has 6 nitrogen and oxygen atoms in total. The summed E-state index contributed by atoms with van der Waals surface area (Å²) in [6.45, 7) is 1.55. The van der Waals surface area contributed by atoms with Gasteiger partial charge < -0.3 is 4.74 Å². The van der Waals surface area contributed by atoms with Crippen molar-refractivity contribution in [3.63, 3.8) is 0 Å². The number of nitro benzene ring substituents is 1. The molecule has 0 aliphatic carbocycles. The van der Waals surface area contributed by atoms with Crippen LogP contribution in [-0.4, -0.2) is 15.9 Å². The Morgan fingerprint density at radius 2 is 1.96 bits per heavy atom. The van der Waals surface area contributed by atoms with E-state index in [2.05, 4.69) is 4.98 Å². The Morgan fingerprint density at radius 1 is 1.20 bits per heavy atom. The number of thiazole rings is 1. The second kappa shape index (κ2) is 7.23. The van der Waals surface area contributed by atoms with Crippen LogP contribution in [0.15, 0.2) is 53.9 Å². The van der Waals surface area contributed by atoms with Crippen LogP contribution in [0.25, 0.3) is 10.6 Å². The zero-order valence-corrected chi connectivity index (χ0v) is 14.2. The highest BCUT2D eigenvalue weighted by molar-refractivity contribution is 7.13. The highest BCUT2D eigenvalue weighted by atomic mass is 32.1. The maximum absolute atomic E-state index is 12.2. The largest absolute Gasteiger partial charge is 0.455 e. The van der Waals surface area contributed by atoms with Gasteiger partial charge in [0, 0.05) is 16.5 Å². The fourth-order valence-corrected chi connectivity index (χ4v) is 3.18. The number of hydrogen-bond acceptors (Lipinski definition) is 6. The molecule has 0 unspecified atom stereocenters. The first kappa shape index (κ1) is 16.8. The maximum Gasteiger partial charge on any atom is 0.345 e. The van der Waals surface area contributed by atoms with E-state index in [-0.39, 0.29) is 17.9 Å². The number of nitrogens with zero attached hydrogens (tertiary/aromatic N) is 2. The summed E-state index contributed by atoms with van der Waals surface area (Å²) in [5.41, 5.74) is 1.73. The van der Waals surface area contributed by atoms with Crippen LogP contribution in [0.2, 0.25) is 0 Å². The number of carbonyl (C=O) groups excluding carboxylic acids is 1. The maximum atomic E-state index is 12.2. The molecule has 0 amide bonds. The average Bonchev–Trinajstić information content (AvgIpc) is 3.09. The normalized spacial score (nSPS) is 10.4. The van der Waals surface area contributed by atoms with Gasteiger partial charge in [0.1, 0.15) is 17.2 Å². The lowest BCUT2D eigenvalue weighted by atomic mass is 10.1. The number of rotatable bonds is 5. The molecule has 0 saturated carbocycles. The minimum atomic E-state index is -0.732. The van der Waals surface area contributed by atoms with Gasteiger partial charge in [0.05, 0.1) is 10.6 Å². The van der Waals surface area contributed by atoms with E-state index in [9.17, 15) is 14.9 Å². The van der Waals surface area contributed by atoms with Crippen LogP contribution in [0.1, 0.15) is 21.6 Å². The number of para-hydroxylation sites is 1. The minimum Gasteiger partial charge on any atom is -0.455 e. The molecule has 126 valence electrons. The molecule has 0 fully saturated rings. The van der Waals surface area contributed by atoms with Crippen LogP contribution >= 0.6 is 11.3 Å². The third kappa shape index (κ3) is 3.72. The van der Waals surface area contributed by atoms with Crippen molar-refractivity contribution in [1.82, 2.24) is 4.98 Å². The summed E-state index contributed by atoms with van der Waals surface area (Å²) in [6.07, 6.45) is 0. The molecule has 0 spiro atoms. The van der Waals surface area contributed by atoms with E-state index in [1.807, 2.05) is 30.3 Å². The monoisotopic (exact) mass is 354 g/mol. The van der Waals surface area contributed by atoms with Gasteiger partial charge in [-0.1, -0.05) is 42.5 Å². The first-order chi connectivity index (χ1) is 12.1. The Hall–Kier alpha value is -3.06. The molecule has 0 bridgehead atoms. The third-order valence-corrected chi connectivity index (χ3v) is 4.50. The van der Waals surface area contributed by atoms with Crippen molar-refractivity contribution in [3.05, 3.63) is 80.8 Å². The molecular weight excluding hydrogens is 340 g/mol. The second-order valence-electron chi connectivity index (χ2n) is 5.31. The molecule has 0 aliphatic rings. The van der Waals surface area contributed by atoms with Gasteiger partial charge in [-0.3, -0.25) is 10.1 Å². The van der Waals surface area contributed by atoms with E-state index in [0.717, 1.165) is 10.6 Å². The summed E-state index contributed by atoms with van der Waals surface area (Å²) in [6, 6.07) is 14.2. The summed E-state index contributed by atoms with van der Waals surface area (Å²) < 4.78 is 5.21. The van der Waals surface area contributed by atoms with Crippen molar-refractivity contribution in [1.29, 1.82) is 0 Å². The van der Waals surface area contributed by atoms with E-state index in [0.29, 0.717) is 11.3 Å². The minimum absolute atomic E-state index is 0.0345. The second-order valence-corrected chi connectivity index (χ2v) is 6.17. The molecule has 0 saturated heterocycles. The lowest BCUT2D eigenvalue weighted by Gasteiger charge is -2.05. The average molecular weight is 354 g/mol. The molecule has 3 aromatic rings. The number of carbonyl (C=O) groups is 1. The van der Waals surface area contributed by atoms with Gasteiger partial charge in [-0.05, 0) is 13.0 Å². The van der Waals surface area contributed by atoms with E-state index >= 15 is 0 Å². The quantitative estimate of drug-likeness (QED) is 0.386. The van der Waals surface area contributed by atoms with Gasteiger partial charge in [0.15, 0.2) is 0 Å². The topological polar surface area (TPSA) is 82.3 Å². The zero-order chi connectivity index (χ0) is 17.8. The van der Waals surface area contributed by atoms with Crippen LogP contribution < -0.4 is 0 Å². The lowest BCUT2D eigenvalue weighted by molar-refractivity contribution is -0.385. The molecule has 7 heteroatoms. The van der Waals surface area contributed by atoms with Gasteiger partial charge in [-0.15, -0.1) is 11.3 Å². The molecule has 0 N–H and O–H groups in total. The molecule has 0 radical (unpaired) electrons. The Balaban J connectivity index is 1.73. The number of aryl methyl sites for hydroxylation is 1. The summed E-state index contributed by atoms with van der Waals surface area (Å²) >= 11 is 1.45. The van der Waals surface area contributed by atoms with Gasteiger partial charge in [-0.2, -0.15) is 0 Å². The fraction of sp³-hybridized carbons (Fsp3) is 0.111. The summed E-state index contributed by atoms with van der Waals surface area (Å²) in [4.78, 5) is 27.3. The predicted octanol–water partition coefficient (Wildman–Crippen LogP) is 4.38. The fourth-order valence-electron chi connectivity index (χ4n) is 2.37. The van der Waals surface area contributed by atoms with E-state index in [4.69, 9.17) is 4.74 Å². The first-order valence-corrected chi connectivity index (χ1v) is 8.35. The first-order valence-electron chi connectivity index (χ1n) is 7.47. The van der Waals surface area contributed by atoms with Crippen molar-refractivity contribution in [3.8, 4) is 10.6 Å². The van der Waals surface area contributed by atoms with E-state index < -0.39 is 10.9 Å². The van der Waals surface area contributed by atoms with Crippen LogP contribution in [0, 0.1) is 17.0 Å². The number of aromatic nitrogens is 1. The SMILES string of the molecule is Cc1cccc(C(=O)OCc2csc(-c3ccccc3)n2)c1[N+](=O)[O-]. The van der Waals surface area contributed by atoms with Gasteiger partial charge >= 0.3 is 5.97 Å². The molecule has 0 aliphatic heterocycles. The zero-order valence-electron chi connectivity index (χ0n) is 13.3. The van der Waals surface area contributed by atoms with Crippen molar-refractivity contribution in [2.24, 2.45) is 0 Å². The van der Waals surface area contributed by atoms with Crippen LogP contribution in [0.3, 0.4) is 0 Å². The number of benzene rings is 2. The van der Waals surface area contributed by atoms with E-state index in [1.54, 1.807) is 24.4 Å². The molecule has 0 atom stereocenters. The Kier molecular flexibility index (Phi) is 4.85. The molecular formula is C18H14N2O4S. The van der Waals surface area contributed by atoms with Crippen molar-refractivity contribution in [2.45, 2.75) is 13.5 Å². The van der Waals surface area contributed by atoms with Crippen LogP contribution in [-0.2, 0) is 11.3 Å². The Labute approximate surface area is 147 Å². The smallest absolute Gasteiger partial charge is 0.345 e. The molecule has 2 aromatic carbocycles. The molecule has 1 aromatic heterocycles. The molecule has 1 heterocycles. The molecule has 25 heavy (non-hydrogen) atoms. The number of nitro groups is 1. The summed E-state index contributed by atoms with van der Waals surface area (Å²) in [5.74, 6) is -0.732. The Bertz CT molecular complexity index is 922. The summed E-state index contributed by atoms with van der Waals surface area (Å²) in [7, 11) is 0. The van der Waals surface area contributed by atoms with Gasteiger partial charge in [-0.25, -0.2) is 9.78 Å². The number of ether oxygens (including phenoxy) is 1. The van der Waals surface area contributed by atoms with Gasteiger partial charge in [0.25, 0.3) is 5.69 Å². The van der Waals surface area contributed by atoms with Crippen LogP contribution in [0.5, 0.6) is 0 Å². The lowest BCUT2D eigenvalue weighted by Crippen LogP contribution is -2.09. The highest BCUT2D eigenvalue weighted by Gasteiger charge is 2.23. The van der Waals surface area contributed by atoms with Crippen molar-refractivity contribution >= 4 is 23.0 Å².